The number of hydrogen-bond donors (Lipinski definition) is 3. The molecule has 1 fully saturated rings. The molecule has 1 saturated heterocycles. The highest BCUT2D eigenvalue weighted by Crippen LogP contribution is 2.33. The number of carbonyl (C=O) groups excluding carboxylic acids is 2. The molecular formula is C28H25IN4O4. The summed E-state index contributed by atoms with van der Waals surface area (Å²) in [6.07, 6.45) is 2.15. The van der Waals surface area contributed by atoms with E-state index in [-0.39, 0.29) is 19.1 Å². The zero-order chi connectivity index (χ0) is 25.8. The number of aliphatic hydroxyl groups is 1. The highest BCUT2D eigenvalue weighted by molar-refractivity contribution is 14.1. The van der Waals surface area contributed by atoms with Gasteiger partial charge in [-0.25, -0.2) is 9.78 Å². The molecule has 0 aliphatic carbocycles. The second-order valence-corrected chi connectivity index (χ2v) is 9.87. The Labute approximate surface area is 227 Å². The van der Waals surface area contributed by atoms with Crippen molar-refractivity contribution in [3.05, 3.63) is 106 Å². The first-order valence-corrected chi connectivity index (χ1v) is 12.9. The zero-order valence-electron chi connectivity index (χ0n) is 19.8. The molecule has 0 bridgehead atoms. The van der Waals surface area contributed by atoms with E-state index in [1.165, 1.54) is 4.90 Å². The largest absolute Gasteiger partial charge is 0.491 e. The van der Waals surface area contributed by atoms with Gasteiger partial charge in [-0.3, -0.25) is 9.69 Å². The van der Waals surface area contributed by atoms with Gasteiger partial charge >= 0.3 is 6.03 Å². The van der Waals surface area contributed by atoms with Crippen LogP contribution in [0.2, 0.25) is 0 Å². The summed E-state index contributed by atoms with van der Waals surface area (Å²) < 4.78 is 6.53. The minimum atomic E-state index is -0.816. The van der Waals surface area contributed by atoms with Gasteiger partial charge in [-0.2, -0.15) is 0 Å². The fraction of sp³-hybridized carbons (Fsp3) is 0.179. The van der Waals surface area contributed by atoms with Crippen LogP contribution in [-0.2, 0) is 11.2 Å². The van der Waals surface area contributed by atoms with E-state index in [1.807, 2.05) is 54.6 Å². The highest BCUT2D eigenvalue weighted by atomic mass is 127. The molecule has 8 nitrogen and oxygen atoms in total. The van der Waals surface area contributed by atoms with Crippen LogP contribution in [-0.4, -0.2) is 45.1 Å². The SMILES string of the molecule is O=C1N[C@H](c2ccc(OCCO)cc2)C(=O)N1[C@@H](Cc1ccccc1)c1ncc(-c2ccc(I)cc2)[nH]1. The fourth-order valence-corrected chi connectivity index (χ4v) is 4.72. The van der Waals surface area contributed by atoms with E-state index in [4.69, 9.17) is 9.84 Å². The molecule has 0 radical (unpaired) electrons. The molecule has 1 aromatic heterocycles. The summed E-state index contributed by atoms with van der Waals surface area (Å²) in [5.74, 6) is 0.767. The topological polar surface area (TPSA) is 108 Å². The molecule has 1 aliphatic rings. The summed E-state index contributed by atoms with van der Waals surface area (Å²) >= 11 is 2.26. The molecule has 9 heteroatoms. The molecule has 2 heterocycles. The first-order valence-electron chi connectivity index (χ1n) is 11.9. The van der Waals surface area contributed by atoms with E-state index >= 15 is 0 Å². The summed E-state index contributed by atoms with van der Waals surface area (Å²) in [5.41, 5.74) is 3.41. The number of imide groups is 1. The number of nitrogens with zero attached hydrogens (tertiary/aromatic N) is 2. The van der Waals surface area contributed by atoms with Gasteiger partial charge < -0.3 is 20.1 Å². The number of imidazole rings is 1. The molecule has 188 valence electrons. The average Bonchev–Trinajstić information content (AvgIpc) is 3.52. The number of aliphatic hydroxyl groups excluding tert-OH is 1. The molecule has 3 amide bonds. The van der Waals surface area contributed by atoms with Gasteiger partial charge in [0.2, 0.25) is 0 Å². The van der Waals surface area contributed by atoms with Crippen LogP contribution < -0.4 is 10.1 Å². The molecule has 5 rings (SSSR count). The number of aromatic nitrogens is 2. The van der Waals surface area contributed by atoms with Crippen LogP contribution in [0, 0.1) is 3.57 Å². The van der Waals surface area contributed by atoms with Crippen LogP contribution in [0.15, 0.2) is 85.1 Å². The van der Waals surface area contributed by atoms with Crippen molar-refractivity contribution in [2.24, 2.45) is 0 Å². The molecular weight excluding hydrogens is 583 g/mol. The summed E-state index contributed by atoms with van der Waals surface area (Å²) in [6, 6.07) is 22.8. The number of carbonyl (C=O) groups is 2. The number of benzene rings is 3. The van der Waals surface area contributed by atoms with Gasteiger partial charge in [-0.05, 0) is 63.5 Å². The van der Waals surface area contributed by atoms with Crippen molar-refractivity contribution in [2.75, 3.05) is 13.2 Å². The lowest BCUT2D eigenvalue weighted by atomic mass is 10.0. The Balaban J connectivity index is 1.44. The van der Waals surface area contributed by atoms with E-state index in [1.54, 1.807) is 30.5 Å². The Morgan fingerprint density at radius 1 is 1.00 bits per heavy atom. The van der Waals surface area contributed by atoms with E-state index in [0.717, 1.165) is 20.4 Å². The third kappa shape index (κ3) is 5.52. The predicted octanol–water partition coefficient (Wildman–Crippen LogP) is 4.63. The lowest BCUT2D eigenvalue weighted by Crippen LogP contribution is -2.36. The average molecular weight is 608 g/mol. The normalized spacial score (nSPS) is 16.1. The van der Waals surface area contributed by atoms with Gasteiger partial charge in [0.15, 0.2) is 0 Å². The van der Waals surface area contributed by atoms with Crippen LogP contribution in [0.3, 0.4) is 0 Å². The highest BCUT2D eigenvalue weighted by Gasteiger charge is 2.44. The van der Waals surface area contributed by atoms with Crippen molar-refractivity contribution in [1.82, 2.24) is 20.2 Å². The summed E-state index contributed by atoms with van der Waals surface area (Å²) in [7, 11) is 0. The van der Waals surface area contributed by atoms with Gasteiger partial charge in [-0.15, -0.1) is 0 Å². The molecule has 1 aliphatic heterocycles. The lowest BCUT2D eigenvalue weighted by molar-refractivity contribution is -0.129. The van der Waals surface area contributed by atoms with Gasteiger partial charge in [0.1, 0.15) is 30.3 Å². The van der Waals surface area contributed by atoms with Crippen molar-refractivity contribution in [2.45, 2.75) is 18.5 Å². The number of rotatable bonds is 9. The number of amides is 3. The minimum Gasteiger partial charge on any atom is -0.491 e. The summed E-state index contributed by atoms with van der Waals surface area (Å²) in [4.78, 5) is 36.0. The van der Waals surface area contributed by atoms with Gasteiger partial charge in [-0.1, -0.05) is 54.6 Å². The maximum atomic E-state index is 13.6. The molecule has 3 aromatic carbocycles. The number of halogens is 1. The van der Waals surface area contributed by atoms with Crippen molar-refractivity contribution >= 4 is 34.5 Å². The first kappa shape index (κ1) is 25.0. The zero-order valence-corrected chi connectivity index (χ0v) is 22.0. The molecule has 0 saturated carbocycles. The third-order valence-electron chi connectivity index (χ3n) is 6.19. The second-order valence-electron chi connectivity index (χ2n) is 8.63. The third-order valence-corrected chi connectivity index (χ3v) is 6.91. The second kappa shape index (κ2) is 11.1. The Morgan fingerprint density at radius 2 is 1.73 bits per heavy atom. The maximum absolute atomic E-state index is 13.6. The summed E-state index contributed by atoms with van der Waals surface area (Å²) in [6.45, 7) is 0.0927. The Hall–Kier alpha value is -3.70. The number of nitrogens with one attached hydrogen (secondary N) is 2. The van der Waals surface area contributed by atoms with E-state index in [0.29, 0.717) is 23.6 Å². The molecule has 3 N–H and O–H groups in total. The Morgan fingerprint density at radius 3 is 2.43 bits per heavy atom. The molecule has 4 aromatic rings. The fourth-order valence-electron chi connectivity index (χ4n) is 4.36. The van der Waals surface area contributed by atoms with Crippen molar-refractivity contribution in [3.63, 3.8) is 0 Å². The number of hydrogen-bond acceptors (Lipinski definition) is 5. The number of ether oxygens (including phenoxy) is 1. The molecule has 0 spiro atoms. The van der Waals surface area contributed by atoms with E-state index in [2.05, 4.69) is 37.9 Å². The number of H-pyrrole nitrogens is 1. The smallest absolute Gasteiger partial charge is 0.325 e. The van der Waals surface area contributed by atoms with Crippen molar-refractivity contribution < 1.29 is 19.4 Å². The van der Waals surface area contributed by atoms with Crippen LogP contribution in [0.25, 0.3) is 11.3 Å². The predicted molar refractivity (Wildman–Crippen MR) is 147 cm³/mol. The van der Waals surface area contributed by atoms with Crippen LogP contribution >= 0.6 is 22.6 Å². The van der Waals surface area contributed by atoms with Crippen molar-refractivity contribution in [1.29, 1.82) is 0 Å². The van der Waals surface area contributed by atoms with Crippen LogP contribution in [0.5, 0.6) is 5.75 Å². The number of aromatic amines is 1. The van der Waals surface area contributed by atoms with E-state index in [9.17, 15) is 9.59 Å². The standard InChI is InChI=1S/C28H25IN4O4/c29-21-10-6-19(7-11-21)23-17-30-26(31-23)24(16-18-4-2-1-3-5-18)33-27(35)25(32-28(33)36)20-8-12-22(13-9-20)37-15-14-34/h1-13,17,24-25,34H,14-16H2,(H,30,31)(H,32,36)/t24-,25+/m0/s1. The molecule has 2 atom stereocenters. The first-order chi connectivity index (χ1) is 18.0. The summed E-state index contributed by atoms with van der Waals surface area (Å²) in [5, 5.41) is 11.8. The minimum absolute atomic E-state index is 0.0885. The quantitative estimate of drug-likeness (QED) is 0.190. The molecule has 0 unspecified atom stereocenters. The number of urea groups is 1. The van der Waals surface area contributed by atoms with Gasteiger partial charge in [0.05, 0.1) is 18.5 Å². The van der Waals surface area contributed by atoms with E-state index < -0.39 is 18.1 Å². The van der Waals surface area contributed by atoms with Gasteiger partial charge in [0.25, 0.3) is 5.91 Å². The van der Waals surface area contributed by atoms with Gasteiger partial charge in [0, 0.05) is 9.99 Å². The maximum Gasteiger partial charge on any atom is 0.325 e. The Kier molecular flexibility index (Phi) is 7.52. The monoisotopic (exact) mass is 608 g/mol. The van der Waals surface area contributed by atoms with Crippen LogP contribution in [0.4, 0.5) is 4.79 Å². The lowest BCUT2D eigenvalue weighted by Gasteiger charge is -2.24. The van der Waals surface area contributed by atoms with Crippen LogP contribution in [0.1, 0.15) is 29.0 Å². The van der Waals surface area contributed by atoms with Crippen molar-refractivity contribution in [3.8, 4) is 17.0 Å². The molecule has 37 heavy (non-hydrogen) atoms. The Bertz CT molecular complexity index is 1370.